The molecular weight excluding hydrogens is 330 g/mol. The van der Waals surface area contributed by atoms with Gasteiger partial charge in [-0.3, -0.25) is 0 Å². The van der Waals surface area contributed by atoms with E-state index in [2.05, 4.69) is 27.6 Å². The summed E-state index contributed by atoms with van der Waals surface area (Å²) in [6, 6.07) is 3.28. The molecule has 106 valence electrons. The molecule has 1 fully saturated rings. The zero-order chi connectivity index (χ0) is 14.2. The van der Waals surface area contributed by atoms with Crippen molar-refractivity contribution in [3.63, 3.8) is 0 Å². The van der Waals surface area contributed by atoms with Crippen LogP contribution in [-0.4, -0.2) is 20.1 Å². The molecule has 4 nitrogen and oxygen atoms in total. The number of aliphatic hydroxyl groups excluding tert-OH is 1. The summed E-state index contributed by atoms with van der Waals surface area (Å²) in [4.78, 5) is 0.199. The second-order valence-electron chi connectivity index (χ2n) is 5.21. The van der Waals surface area contributed by atoms with Crippen molar-refractivity contribution >= 4 is 26.0 Å². The highest BCUT2D eigenvalue weighted by molar-refractivity contribution is 9.10. The van der Waals surface area contributed by atoms with Crippen LogP contribution < -0.4 is 4.72 Å². The molecule has 1 aromatic carbocycles. The number of aliphatic hydroxyl groups is 1. The number of aryl methyl sites for hydroxylation is 1. The lowest BCUT2D eigenvalue weighted by atomic mass is 10.1. The van der Waals surface area contributed by atoms with Gasteiger partial charge in [0.05, 0.1) is 11.5 Å². The van der Waals surface area contributed by atoms with Gasteiger partial charge in [0.1, 0.15) is 0 Å². The van der Waals surface area contributed by atoms with Gasteiger partial charge in [-0.25, -0.2) is 13.1 Å². The lowest BCUT2D eigenvalue weighted by molar-refractivity contribution is 0.281. The lowest BCUT2D eigenvalue weighted by Crippen LogP contribution is -2.26. The molecule has 0 spiro atoms. The fourth-order valence-corrected chi connectivity index (χ4v) is 4.23. The third kappa shape index (κ3) is 3.37. The highest BCUT2D eigenvalue weighted by Gasteiger charge is 2.33. The molecule has 0 bridgehead atoms. The molecule has 1 aromatic rings. The smallest absolute Gasteiger partial charge is 0.241 e. The maximum atomic E-state index is 12.3. The van der Waals surface area contributed by atoms with Gasteiger partial charge in [-0.1, -0.05) is 13.0 Å². The van der Waals surface area contributed by atoms with Gasteiger partial charge in [-0.2, -0.15) is 0 Å². The van der Waals surface area contributed by atoms with Crippen molar-refractivity contribution in [2.24, 2.45) is 11.8 Å². The van der Waals surface area contributed by atoms with Gasteiger partial charge in [0.2, 0.25) is 10.0 Å². The summed E-state index contributed by atoms with van der Waals surface area (Å²) in [7, 11) is -3.53. The van der Waals surface area contributed by atoms with Crippen LogP contribution in [0.2, 0.25) is 0 Å². The van der Waals surface area contributed by atoms with Crippen LogP contribution in [0.25, 0.3) is 0 Å². The van der Waals surface area contributed by atoms with Crippen molar-refractivity contribution in [1.29, 1.82) is 0 Å². The van der Waals surface area contributed by atoms with E-state index in [1.807, 2.05) is 6.92 Å². The summed E-state index contributed by atoms with van der Waals surface area (Å²) in [6.07, 6.45) is 1.08. The topological polar surface area (TPSA) is 66.4 Å². The minimum absolute atomic E-state index is 0.170. The molecule has 1 saturated carbocycles. The molecule has 2 unspecified atom stereocenters. The molecule has 0 amide bonds. The normalized spacial score (nSPS) is 22.5. The van der Waals surface area contributed by atoms with Crippen LogP contribution in [0.5, 0.6) is 0 Å². The van der Waals surface area contributed by atoms with Crippen LogP contribution in [0.3, 0.4) is 0 Å². The minimum atomic E-state index is -3.53. The Labute approximate surface area is 122 Å². The van der Waals surface area contributed by atoms with Gasteiger partial charge >= 0.3 is 0 Å². The van der Waals surface area contributed by atoms with Crippen molar-refractivity contribution in [3.8, 4) is 0 Å². The Bertz CT molecular complexity index is 586. The average Bonchev–Trinajstić information content (AvgIpc) is 3.06. The Morgan fingerprint density at radius 2 is 2.11 bits per heavy atom. The molecular formula is C13H18BrNO3S. The van der Waals surface area contributed by atoms with E-state index >= 15 is 0 Å². The Balaban J connectivity index is 2.25. The van der Waals surface area contributed by atoms with Crippen molar-refractivity contribution in [1.82, 2.24) is 4.72 Å². The van der Waals surface area contributed by atoms with Gasteiger partial charge < -0.3 is 5.11 Å². The molecule has 19 heavy (non-hydrogen) atoms. The Morgan fingerprint density at radius 1 is 1.47 bits per heavy atom. The summed E-state index contributed by atoms with van der Waals surface area (Å²) in [5.74, 6) is 1.06. The first-order valence-corrected chi connectivity index (χ1v) is 8.52. The lowest BCUT2D eigenvalue weighted by Gasteiger charge is -2.11. The molecule has 1 aliphatic rings. The van der Waals surface area contributed by atoms with E-state index < -0.39 is 10.0 Å². The summed E-state index contributed by atoms with van der Waals surface area (Å²) in [5.41, 5.74) is 1.40. The highest BCUT2D eigenvalue weighted by atomic mass is 79.9. The molecule has 0 heterocycles. The molecule has 2 rings (SSSR count). The standard InChI is InChI=1S/C13H18BrNO3S/c1-8-4-11(8)6-15-19(17,18)12-5-10(7-16)3-9(2)13(12)14/h3,5,8,11,15-16H,4,6-7H2,1-2H3. The quantitative estimate of drug-likeness (QED) is 0.857. The van der Waals surface area contributed by atoms with Crippen LogP contribution >= 0.6 is 15.9 Å². The number of nitrogens with one attached hydrogen (secondary N) is 1. The number of sulfonamides is 1. The van der Waals surface area contributed by atoms with Gasteiger partial charge in [-0.05, 0) is 58.3 Å². The second kappa shape index (κ2) is 5.52. The van der Waals surface area contributed by atoms with Gasteiger partial charge in [0.15, 0.2) is 0 Å². The van der Waals surface area contributed by atoms with Crippen molar-refractivity contribution in [3.05, 3.63) is 27.7 Å². The highest BCUT2D eigenvalue weighted by Crippen LogP contribution is 2.37. The number of hydrogen-bond donors (Lipinski definition) is 2. The second-order valence-corrected chi connectivity index (χ2v) is 7.74. The maximum Gasteiger partial charge on any atom is 0.241 e. The van der Waals surface area contributed by atoms with Gasteiger partial charge in [0.25, 0.3) is 0 Å². The third-order valence-corrected chi connectivity index (χ3v) is 6.33. The van der Waals surface area contributed by atoms with E-state index in [-0.39, 0.29) is 11.5 Å². The minimum Gasteiger partial charge on any atom is -0.392 e. The Morgan fingerprint density at radius 3 is 2.63 bits per heavy atom. The number of benzene rings is 1. The van der Waals surface area contributed by atoms with Crippen LogP contribution in [0.1, 0.15) is 24.5 Å². The molecule has 1 aliphatic carbocycles. The number of rotatable bonds is 5. The summed E-state index contributed by atoms with van der Waals surface area (Å²) in [5, 5.41) is 9.18. The number of halogens is 1. The van der Waals surface area contributed by atoms with E-state index in [4.69, 9.17) is 0 Å². The first kappa shape index (κ1) is 15.0. The third-order valence-electron chi connectivity index (χ3n) is 3.56. The first-order valence-electron chi connectivity index (χ1n) is 6.24. The van der Waals surface area contributed by atoms with Crippen LogP contribution in [0, 0.1) is 18.8 Å². The molecule has 2 atom stereocenters. The van der Waals surface area contributed by atoms with Gasteiger partial charge in [0, 0.05) is 11.0 Å². The van der Waals surface area contributed by atoms with E-state index in [1.54, 1.807) is 6.07 Å². The molecule has 6 heteroatoms. The van der Waals surface area contributed by atoms with Crippen LogP contribution in [0.4, 0.5) is 0 Å². The van der Waals surface area contributed by atoms with E-state index in [1.165, 1.54) is 6.07 Å². The monoisotopic (exact) mass is 347 g/mol. The molecule has 0 saturated heterocycles. The summed E-state index contributed by atoms with van der Waals surface area (Å²) >= 11 is 3.31. The fraction of sp³-hybridized carbons (Fsp3) is 0.538. The summed E-state index contributed by atoms with van der Waals surface area (Å²) in [6.45, 7) is 4.24. The zero-order valence-electron chi connectivity index (χ0n) is 11.0. The zero-order valence-corrected chi connectivity index (χ0v) is 13.4. The number of hydrogen-bond acceptors (Lipinski definition) is 3. The fourth-order valence-electron chi connectivity index (χ4n) is 2.07. The predicted octanol–water partition coefficient (Wildman–Crippen LogP) is 2.18. The molecule has 2 N–H and O–H groups in total. The first-order chi connectivity index (χ1) is 8.85. The van der Waals surface area contributed by atoms with Gasteiger partial charge in [-0.15, -0.1) is 0 Å². The molecule has 0 aromatic heterocycles. The molecule has 0 aliphatic heterocycles. The maximum absolute atomic E-state index is 12.3. The Hall–Kier alpha value is -0.430. The van der Waals surface area contributed by atoms with E-state index in [0.29, 0.717) is 28.4 Å². The van der Waals surface area contributed by atoms with Crippen LogP contribution in [0.15, 0.2) is 21.5 Å². The largest absolute Gasteiger partial charge is 0.392 e. The van der Waals surface area contributed by atoms with Crippen molar-refractivity contribution in [2.75, 3.05) is 6.54 Å². The van der Waals surface area contributed by atoms with Crippen molar-refractivity contribution < 1.29 is 13.5 Å². The SMILES string of the molecule is Cc1cc(CO)cc(S(=O)(=O)NCC2CC2C)c1Br. The van der Waals surface area contributed by atoms with Crippen molar-refractivity contribution in [2.45, 2.75) is 31.8 Å². The predicted molar refractivity (Wildman–Crippen MR) is 77.3 cm³/mol. The van der Waals surface area contributed by atoms with E-state index in [9.17, 15) is 13.5 Å². The average molecular weight is 348 g/mol. The Kier molecular flexibility index (Phi) is 4.35. The summed E-state index contributed by atoms with van der Waals surface area (Å²) < 4.78 is 27.8. The van der Waals surface area contributed by atoms with E-state index in [0.717, 1.165) is 12.0 Å². The van der Waals surface area contributed by atoms with Crippen LogP contribution in [-0.2, 0) is 16.6 Å². The molecule has 0 radical (unpaired) electrons.